The quantitative estimate of drug-likeness (QED) is 0.137. The van der Waals surface area contributed by atoms with Gasteiger partial charge in [-0.15, -0.1) is 0 Å². The molecule has 0 spiro atoms. The van der Waals surface area contributed by atoms with Crippen LogP contribution in [-0.2, 0) is 23.8 Å². The van der Waals surface area contributed by atoms with Gasteiger partial charge in [0.15, 0.2) is 0 Å². The molecule has 0 bridgehead atoms. The number of esters is 2. The molecule has 33 heavy (non-hydrogen) atoms. The average molecular weight is 459 g/mol. The highest BCUT2D eigenvalue weighted by atomic mass is 16.6. The zero-order valence-corrected chi connectivity index (χ0v) is 20.9. The summed E-state index contributed by atoms with van der Waals surface area (Å²) in [5, 5.41) is 0. The van der Waals surface area contributed by atoms with E-state index < -0.39 is 0 Å². The average Bonchev–Trinajstić information content (AvgIpc) is 2.84. The van der Waals surface area contributed by atoms with E-state index in [0.29, 0.717) is 30.8 Å². The normalized spacial score (nSPS) is 9.45. The molecule has 0 fully saturated rings. The second kappa shape index (κ2) is 23.6. The first-order valence-electron chi connectivity index (χ1n) is 11.4. The van der Waals surface area contributed by atoms with Crippen LogP contribution in [0.4, 0.5) is 0 Å². The van der Waals surface area contributed by atoms with Crippen LogP contribution < -0.4 is 0 Å². The smallest absolute Gasteiger partial charge is 0.333 e. The highest BCUT2D eigenvalue weighted by molar-refractivity contribution is 5.87. The lowest BCUT2D eigenvalue weighted by Gasteiger charge is -2.04. The van der Waals surface area contributed by atoms with Gasteiger partial charge < -0.3 is 14.2 Å². The van der Waals surface area contributed by atoms with E-state index >= 15 is 0 Å². The fraction of sp³-hybridized carbons (Fsp3) is 0.429. The number of benzene rings is 1. The third-order valence-corrected chi connectivity index (χ3v) is 4.00. The fourth-order valence-electron chi connectivity index (χ4n) is 2.00. The number of carbonyl (C=O) groups is 2. The molecule has 5 heteroatoms. The molecule has 1 aromatic rings. The van der Waals surface area contributed by atoms with Gasteiger partial charge in [0.2, 0.25) is 0 Å². The summed E-state index contributed by atoms with van der Waals surface area (Å²) in [5.74, 6) is -0.613. The summed E-state index contributed by atoms with van der Waals surface area (Å²) in [6.45, 7) is 19.4. The van der Waals surface area contributed by atoms with Gasteiger partial charge in [0.05, 0.1) is 12.9 Å². The van der Waals surface area contributed by atoms with Gasteiger partial charge >= 0.3 is 11.9 Å². The van der Waals surface area contributed by atoms with Gasteiger partial charge in [0.1, 0.15) is 13.2 Å². The Balaban J connectivity index is 0. The lowest BCUT2D eigenvalue weighted by Crippen LogP contribution is -2.09. The molecule has 0 heterocycles. The van der Waals surface area contributed by atoms with Crippen LogP contribution in [0.1, 0.15) is 65.4 Å². The van der Waals surface area contributed by atoms with Crippen molar-refractivity contribution in [2.45, 2.75) is 59.8 Å². The molecule has 0 unspecified atom stereocenters. The standard InChI is InChI=1S/C11H20O2.C9H14O3.C8H8/c1-4-6-7-8-9-13-11(12)10(3)5-2;1-4-5-11-6-7-12-9(10)8(2)3;1-2-8-6-4-3-5-7-8/h3-9H2,1-2H3;4-5H,2,6-7H2,1,3H3;2-7H,1H2. The predicted octanol–water partition coefficient (Wildman–Crippen LogP) is 7.06. The lowest BCUT2D eigenvalue weighted by atomic mass is 10.2. The zero-order chi connectivity index (χ0) is 25.3. The molecule has 0 N–H and O–H groups in total. The van der Waals surface area contributed by atoms with Gasteiger partial charge in [-0.1, -0.05) is 95.3 Å². The first-order valence-corrected chi connectivity index (χ1v) is 11.4. The van der Waals surface area contributed by atoms with E-state index in [1.165, 1.54) is 18.4 Å². The van der Waals surface area contributed by atoms with Crippen LogP contribution >= 0.6 is 0 Å². The predicted molar refractivity (Wildman–Crippen MR) is 138 cm³/mol. The van der Waals surface area contributed by atoms with Gasteiger partial charge in [-0.05, 0) is 32.3 Å². The Kier molecular flexibility index (Phi) is 22.9. The van der Waals surface area contributed by atoms with E-state index in [4.69, 9.17) is 14.2 Å². The first-order chi connectivity index (χ1) is 15.8. The summed E-state index contributed by atoms with van der Waals surface area (Å²) in [6.07, 6.45) is 10.4. The molecular formula is C28H42O5. The molecule has 0 aliphatic heterocycles. The largest absolute Gasteiger partial charge is 0.498 e. The maximum Gasteiger partial charge on any atom is 0.333 e. The Bertz CT molecular complexity index is 704. The monoisotopic (exact) mass is 458 g/mol. The van der Waals surface area contributed by atoms with Crippen LogP contribution in [0.2, 0.25) is 0 Å². The molecule has 0 amide bonds. The topological polar surface area (TPSA) is 61.8 Å². The minimum Gasteiger partial charge on any atom is -0.498 e. The number of allylic oxidation sites excluding steroid dienone is 1. The molecule has 0 aliphatic carbocycles. The number of carbonyl (C=O) groups excluding carboxylic acids is 2. The van der Waals surface area contributed by atoms with Gasteiger partial charge in [-0.3, -0.25) is 0 Å². The number of hydrogen-bond donors (Lipinski definition) is 0. The van der Waals surface area contributed by atoms with Gasteiger partial charge in [0.25, 0.3) is 0 Å². The first kappa shape index (κ1) is 32.1. The van der Waals surface area contributed by atoms with E-state index in [0.717, 1.165) is 12.8 Å². The van der Waals surface area contributed by atoms with Crippen LogP contribution in [0.25, 0.3) is 6.08 Å². The van der Waals surface area contributed by atoms with Crippen molar-refractivity contribution in [2.24, 2.45) is 0 Å². The third-order valence-electron chi connectivity index (χ3n) is 4.00. The van der Waals surface area contributed by atoms with Crippen molar-refractivity contribution in [1.29, 1.82) is 0 Å². The van der Waals surface area contributed by atoms with E-state index in [-0.39, 0.29) is 18.5 Å². The summed E-state index contributed by atoms with van der Waals surface area (Å²) in [6, 6.07) is 10.0. The van der Waals surface area contributed by atoms with Crippen molar-refractivity contribution >= 4 is 18.0 Å². The van der Waals surface area contributed by atoms with Gasteiger partial charge in [-0.2, -0.15) is 0 Å². The van der Waals surface area contributed by atoms with Gasteiger partial charge in [-0.25, -0.2) is 9.59 Å². The van der Waals surface area contributed by atoms with Crippen LogP contribution in [-0.4, -0.2) is 31.8 Å². The Morgan fingerprint density at radius 1 is 0.909 bits per heavy atom. The van der Waals surface area contributed by atoms with E-state index in [1.807, 2.05) is 50.3 Å². The molecule has 1 rings (SSSR count). The SMILES string of the molecule is C=C(C)C(=O)OCCOC=CC.C=C(CC)C(=O)OCCCCCC.C=Cc1ccccc1. The van der Waals surface area contributed by atoms with Crippen LogP contribution in [0.5, 0.6) is 0 Å². The molecule has 0 aliphatic rings. The molecule has 0 saturated carbocycles. The number of ether oxygens (including phenoxy) is 3. The van der Waals surface area contributed by atoms with Crippen molar-refractivity contribution < 1.29 is 23.8 Å². The van der Waals surface area contributed by atoms with E-state index in [9.17, 15) is 9.59 Å². The zero-order valence-electron chi connectivity index (χ0n) is 20.9. The van der Waals surface area contributed by atoms with Crippen molar-refractivity contribution in [3.05, 3.63) is 79.1 Å². The highest BCUT2D eigenvalue weighted by Crippen LogP contribution is 2.03. The third kappa shape index (κ3) is 21.9. The van der Waals surface area contributed by atoms with E-state index in [2.05, 4.69) is 26.7 Å². The maximum absolute atomic E-state index is 11.1. The Labute approximate surface area is 200 Å². The maximum atomic E-state index is 11.1. The molecule has 0 radical (unpaired) electrons. The van der Waals surface area contributed by atoms with Gasteiger partial charge in [0, 0.05) is 11.1 Å². The molecule has 184 valence electrons. The van der Waals surface area contributed by atoms with Crippen molar-refractivity contribution in [1.82, 2.24) is 0 Å². The molecular weight excluding hydrogens is 416 g/mol. The van der Waals surface area contributed by atoms with Crippen molar-refractivity contribution in [2.75, 3.05) is 19.8 Å². The molecule has 1 aromatic carbocycles. The van der Waals surface area contributed by atoms with Crippen LogP contribution in [0, 0.1) is 0 Å². The van der Waals surface area contributed by atoms with Crippen molar-refractivity contribution in [3.63, 3.8) is 0 Å². The summed E-state index contributed by atoms with van der Waals surface area (Å²) in [7, 11) is 0. The van der Waals surface area contributed by atoms with E-state index in [1.54, 1.807) is 19.3 Å². The summed E-state index contributed by atoms with van der Waals surface area (Å²) >= 11 is 0. The minimum atomic E-state index is -0.376. The lowest BCUT2D eigenvalue weighted by molar-refractivity contribution is -0.140. The molecule has 0 atom stereocenters. The summed E-state index contributed by atoms with van der Waals surface area (Å²) in [4.78, 5) is 21.9. The van der Waals surface area contributed by atoms with Crippen LogP contribution in [0.15, 0.2) is 73.6 Å². The van der Waals surface area contributed by atoms with Crippen molar-refractivity contribution in [3.8, 4) is 0 Å². The Morgan fingerprint density at radius 2 is 1.55 bits per heavy atom. The highest BCUT2D eigenvalue weighted by Gasteiger charge is 2.04. The Hall–Kier alpha value is -3.08. The molecule has 0 aromatic heterocycles. The summed E-state index contributed by atoms with van der Waals surface area (Å²) < 4.78 is 14.7. The second-order valence-electron chi connectivity index (χ2n) is 7.02. The summed E-state index contributed by atoms with van der Waals surface area (Å²) in [5.41, 5.74) is 2.14. The number of unbranched alkanes of at least 4 members (excludes halogenated alkanes) is 3. The fourth-order valence-corrected chi connectivity index (χ4v) is 2.00. The van der Waals surface area contributed by atoms with Crippen LogP contribution in [0.3, 0.4) is 0 Å². The molecule has 5 nitrogen and oxygen atoms in total. The number of hydrogen-bond acceptors (Lipinski definition) is 5. The number of rotatable bonds is 13. The second-order valence-corrected chi connectivity index (χ2v) is 7.02. The minimum absolute atomic E-state index is 0.237. The Morgan fingerprint density at radius 3 is 2.03 bits per heavy atom. The molecule has 0 saturated heterocycles.